The minimum absolute atomic E-state index is 0.00103. The Labute approximate surface area is 166 Å². The normalized spacial score (nSPS) is 10.8. The van der Waals surface area contributed by atoms with Crippen LogP contribution in [0.25, 0.3) is 9.88 Å². The average Bonchev–Trinajstić information content (AvgIpc) is 3.35. The van der Waals surface area contributed by atoms with Crippen LogP contribution in [0.2, 0.25) is 0 Å². The molecular weight excluding hydrogens is 380 g/mol. The summed E-state index contributed by atoms with van der Waals surface area (Å²) in [4.78, 5) is 31.8. The molecule has 0 unspecified atom stereocenters. The van der Waals surface area contributed by atoms with Gasteiger partial charge in [0, 0.05) is 18.0 Å². The lowest BCUT2D eigenvalue weighted by Gasteiger charge is -2.26. The Kier molecular flexibility index (Phi) is 6.36. The molecule has 0 saturated heterocycles. The van der Waals surface area contributed by atoms with Gasteiger partial charge in [-0.1, -0.05) is 36.4 Å². The van der Waals surface area contributed by atoms with Crippen LogP contribution in [-0.4, -0.2) is 34.4 Å². The average molecular weight is 401 g/mol. The molecule has 2 heterocycles. The first-order valence-corrected chi connectivity index (χ1v) is 10.3. The van der Waals surface area contributed by atoms with E-state index in [9.17, 15) is 9.59 Å². The zero-order chi connectivity index (χ0) is 19.2. The Hall–Kier alpha value is -2.51. The molecule has 27 heavy (non-hydrogen) atoms. The molecule has 5 nitrogen and oxygen atoms in total. The molecule has 0 radical (unpaired) electrons. The fourth-order valence-electron chi connectivity index (χ4n) is 2.50. The van der Waals surface area contributed by atoms with Crippen LogP contribution >= 0.6 is 22.7 Å². The van der Waals surface area contributed by atoms with Gasteiger partial charge in [-0.2, -0.15) is 0 Å². The van der Waals surface area contributed by atoms with E-state index in [-0.39, 0.29) is 24.2 Å². The second-order valence-corrected chi connectivity index (χ2v) is 8.00. The number of rotatable bonds is 7. The van der Waals surface area contributed by atoms with E-state index in [1.807, 2.05) is 61.7 Å². The largest absolute Gasteiger partial charge is 0.451 e. The van der Waals surface area contributed by atoms with Crippen LogP contribution < -0.4 is 0 Å². The molecule has 1 amide bonds. The zero-order valence-electron chi connectivity index (χ0n) is 15.1. The molecule has 0 fully saturated rings. The topological polar surface area (TPSA) is 59.5 Å². The molecule has 3 rings (SSSR count). The summed E-state index contributed by atoms with van der Waals surface area (Å²) in [6, 6.07) is 13.6. The van der Waals surface area contributed by atoms with Crippen LogP contribution in [0, 0.1) is 0 Å². The molecular formula is C20H20N2O3S2. The minimum Gasteiger partial charge on any atom is -0.451 e. The molecule has 140 valence electrons. The zero-order valence-corrected chi connectivity index (χ0v) is 16.8. The van der Waals surface area contributed by atoms with Gasteiger partial charge in [0.25, 0.3) is 5.91 Å². The number of amides is 1. The van der Waals surface area contributed by atoms with Crippen molar-refractivity contribution in [2.24, 2.45) is 0 Å². The van der Waals surface area contributed by atoms with E-state index in [1.54, 1.807) is 21.6 Å². The number of thiophene rings is 1. The molecule has 0 bridgehead atoms. The Morgan fingerprint density at radius 3 is 2.56 bits per heavy atom. The van der Waals surface area contributed by atoms with E-state index in [1.165, 1.54) is 11.3 Å². The van der Waals surface area contributed by atoms with Gasteiger partial charge in [0.1, 0.15) is 5.01 Å². The van der Waals surface area contributed by atoms with Crippen molar-refractivity contribution in [3.63, 3.8) is 0 Å². The van der Waals surface area contributed by atoms with E-state index in [2.05, 4.69) is 4.98 Å². The quantitative estimate of drug-likeness (QED) is 0.549. The number of hydrogen-bond donors (Lipinski definition) is 0. The number of aromatic nitrogens is 1. The molecule has 0 aliphatic carbocycles. The van der Waals surface area contributed by atoms with Gasteiger partial charge in [-0.05, 0) is 30.9 Å². The maximum atomic E-state index is 12.5. The molecule has 0 spiro atoms. The number of hydrogen-bond acceptors (Lipinski definition) is 6. The molecule has 7 heteroatoms. The summed E-state index contributed by atoms with van der Waals surface area (Å²) in [6.45, 7) is 4.07. The number of ether oxygens (including phenoxy) is 1. The fourth-order valence-corrected chi connectivity index (χ4v) is 4.11. The van der Waals surface area contributed by atoms with Gasteiger partial charge in [0.05, 0.1) is 4.88 Å². The summed E-state index contributed by atoms with van der Waals surface area (Å²) in [7, 11) is 0. The molecule has 0 N–H and O–H groups in total. The van der Waals surface area contributed by atoms with Crippen molar-refractivity contribution >= 4 is 34.6 Å². The predicted octanol–water partition coefficient (Wildman–Crippen LogP) is 4.47. The molecule has 0 atom stereocenters. The van der Waals surface area contributed by atoms with E-state index in [0.29, 0.717) is 6.54 Å². The standard InChI is InChI=1S/C20H20N2O3S2/c1-14(2)22(11-15-7-4-3-5-8-15)18(23)12-25-20(24)16-13-27-19(21-16)17-9-6-10-26-17/h3-10,13-14H,11-12H2,1-2H3. The van der Waals surface area contributed by atoms with Gasteiger partial charge in [-0.25, -0.2) is 9.78 Å². The van der Waals surface area contributed by atoms with Crippen LogP contribution in [0.15, 0.2) is 53.2 Å². The summed E-state index contributed by atoms with van der Waals surface area (Å²) < 4.78 is 5.21. The second-order valence-electron chi connectivity index (χ2n) is 6.19. The Morgan fingerprint density at radius 1 is 1.11 bits per heavy atom. The van der Waals surface area contributed by atoms with Crippen LogP contribution in [0.3, 0.4) is 0 Å². The van der Waals surface area contributed by atoms with E-state index in [4.69, 9.17) is 4.74 Å². The van der Waals surface area contributed by atoms with Crippen molar-refractivity contribution in [3.8, 4) is 9.88 Å². The third kappa shape index (κ3) is 5.02. The predicted molar refractivity (Wildman–Crippen MR) is 108 cm³/mol. The fraction of sp³-hybridized carbons (Fsp3) is 0.250. The van der Waals surface area contributed by atoms with Crippen molar-refractivity contribution in [3.05, 3.63) is 64.5 Å². The highest BCUT2D eigenvalue weighted by molar-refractivity contribution is 7.20. The smallest absolute Gasteiger partial charge is 0.358 e. The van der Waals surface area contributed by atoms with Crippen molar-refractivity contribution in [2.45, 2.75) is 26.4 Å². The Balaban J connectivity index is 1.59. The summed E-state index contributed by atoms with van der Waals surface area (Å²) in [5.74, 6) is -0.804. The lowest BCUT2D eigenvalue weighted by molar-refractivity contribution is -0.136. The molecule has 0 aliphatic rings. The second kappa shape index (κ2) is 8.92. The molecule has 2 aromatic heterocycles. The van der Waals surface area contributed by atoms with E-state index >= 15 is 0 Å². The number of benzene rings is 1. The SMILES string of the molecule is CC(C)N(Cc1ccccc1)C(=O)COC(=O)c1csc(-c2cccs2)n1. The minimum atomic E-state index is -0.578. The molecule has 3 aromatic rings. The maximum absolute atomic E-state index is 12.5. The summed E-state index contributed by atoms with van der Waals surface area (Å²) in [6.07, 6.45) is 0. The highest BCUT2D eigenvalue weighted by atomic mass is 32.1. The van der Waals surface area contributed by atoms with Gasteiger partial charge >= 0.3 is 5.97 Å². The van der Waals surface area contributed by atoms with Gasteiger partial charge in [-0.15, -0.1) is 22.7 Å². The van der Waals surface area contributed by atoms with Crippen LogP contribution in [-0.2, 0) is 16.1 Å². The van der Waals surface area contributed by atoms with E-state index < -0.39 is 5.97 Å². The van der Waals surface area contributed by atoms with Gasteiger partial charge < -0.3 is 9.64 Å². The number of carbonyl (C=O) groups excluding carboxylic acids is 2. The third-order valence-corrected chi connectivity index (χ3v) is 5.79. The van der Waals surface area contributed by atoms with Crippen LogP contribution in [0.4, 0.5) is 0 Å². The van der Waals surface area contributed by atoms with Crippen LogP contribution in [0.5, 0.6) is 0 Å². The van der Waals surface area contributed by atoms with Gasteiger partial charge in [0.15, 0.2) is 12.3 Å². The highest BCUT2D eigenvalue weighted by Crippen LogP contribution is 2.27. The van der Waals surface area contributed by atoms with Crippen molar-refractivity contribution < 1.29 is 14.3 Å². The Morgan fingerprint density at radius 2 is 1.89 bits per heavy atom. The summed E-state index contributed by atoms with van der Waals surface area (Å²) in [5.41, 5.74) is 1.27. The Bertz CT molecular complexity index is 889. The van der Waals surface area contributed by atoms with Crippen LogP contribution in [0.1, 0.15) is 29.9 Å². The van der Waals surface area contributed by atoms with E-state index in [0.717, 1.165) is 15.4 Å². The number of carbonyl (C=O) groups is 2. The first kappa shape index (κ1) is 19.3. The monoisotopic (exact) mass is 400 g/mol. The maximum Gasteiger partial charge on any atom is 0.358 e. The number of thiazole rings is 1. The van der Waals surface area contributed by atoms with Gasteiger partial charge in [-0.3, -0.25) is 4.79 Å². The number of nitrogens with zero attached hydrogens (tertiary/aromatic N) is 2. The lowest BCUT2D eigenvalue weighted by atomic mass is 10.2. The van der Waals surface area contributed by atoms with Crippen molar-refractivity contribution in [1.82, 2.24) is 9.88 Å². The van der Waals surface area contributed by atoms with Gasteiger partial charge in [0.2, 0.25) is 0 Å². The van der Waals surface area contributed by atoms with Crippen molar-refractivity contribution in [1.29, 1.82) is 0 Å². The molecule has 0 saturated carbocycles. The first-order valence-electron chi connectivity index (χ1n) is 8.54. The lowest BCUT2D eigenvalue weighted by Crippen LogP contribution is -2.39. The first-order chi connectivity index (χ1) is 13.0. The number of esters is 1. The molecule has 1 aromatic carbocycles. The third-order valence-electron chi connectivity index (χ3n) is 3.91. The highest BCUT2D eigenvalue weighted by Gasteiger charge is 2.20. The summed E-state index contributed by atoms with van der Waals surface area (Å²) >= 11 is 2.95. The molecule has 0 aliphatic heterocycles. The summed E-state index contributed by atoms with van der Waals surface area (Å²) in [5, 5.41) is 4.39. The van der Waals surface area contributed by atoms with Crippen molar-refractivity contribution in [2.75, 3.05) is 6.61 Å².